The Morgan fingerprint density at radius 2 is 1.90 bits per heavy atom. The van der Waals surface area contributed by atoms with Crippen molar-refractivity contribution in [1.82, 2.24) is 15.0 Å². The monoisotopic (exact) mass is 421 g/mol. The van der Waals surface area contributed by atoms with Gasteiger partial charge in [0.15, 0.2) is 5.78 Å². The topological polar surface area (TPSA) is 75.7 Å². The molecule has 1 N–H and O–H groups in total. The van der Waals surface area contributed by atoms with Gasteiger partial charge in [-0.2, -0.15) is 0 Å². The molecule has 0 atom stereocenters. The third-order valence-corrected chi connectivity index (χ3v) is 4.75. The Morgan fingerprint density at radius 1 is 1.03 bits per heavy atom. The molecule has 0 bridgehead atoms. The number of hydrogen-bond donors (Lipinski definition) is 1. The lowest BCUT2D eigenvalue weighted by molar-refractivity contribution is 0.104. The first kappa shape index (κ1) is 19.1. The van der Waals surface area contributed by atoms with Crippen molar-refractivity contribution in [3.8, 4) is 11.1 Å². The van der Waals surface area contributed by atoms with E-state index in [1.54, 1.807) is 54.9 Å². The summed E-state index contributed by atoms with van der Waals surface area (Å²) in [5, 5.41) is 1.49. The van der Waals surface area contributed by atoms with Gasteiger partial charge in [0.2, 0.25) is 0 Å². The van der Waals surface area contributed by atoms with E-state index in [2.05, 4.69) is 15.0 Å². The predicted molar refractivity (Wildman–Crippen MR) is 115 cm³/mol. The Morgan fingerprint density at radius 3 is 2.66 bits per heavy atom. The van der Waals surface area contributed by atoms with E-state index >= 15 is 0 Å². The molecule has 3 aromatic heterocycles. The highest BCUT2D eigenvalue weighted by molar-refractivity contribution is 6.32. The SMILES string of the molecule is O=C(/C=C/c1ccccn1)c1c(-c2cncc(Cl)c2)c2cc(Cl)ccc2[nH]c1=O. The molecule has 1 aromatic carbocycles. The average molecular weight is 422 g/mol. The fraction of sp³-hybridized carbons (Fsp3) is 0. The predicted octanol–water partition coefficient (Wildman–Crippen LogP) is 5.19. The lowest BCUT2D eigenvalue weighted by atomic mass is 9.95. The summed E-state index contributed by atoms with van der Waals surface area (Å²) in [5.41, 5.74) is 1.61. The van der Waals surface area contributed by atoms with Crippen LogP contribution < -0.4 is 5.56 Å². The van der Waals surface area contributed by atoms with E-state index in [4.69, 9.17) is 23.2 Å². The van der Waals surface area contributed by atoms with E-state index in [9.17, 15) is 9.59 Å². The van der Waals surface area contributed by atoms with Gasteiger partial charge in [0.05, 0.1) is 16.3 Å². The van der Waals surface area contributed by atoms with Crippen molar-refractivity contribution in [2.75, 3.05) is 0 Å². The summed E-state index contributed by atoms with van der Waals surface area (Å²) in [7, 11) is 0. The molecule has 142 valence electrons. The van der Waals surface area contributed by atoms with Crippen LogP contribution in [0.4, 0.5) is 0 Å². The standard InChI is InChI=1S/C22H13Cl2N3O2/c23-14-4-6-18-17(10-14)20(13-9-15(24)12-25-11-13)21(22(29)27-18)19(28)7-5-16-3-1-2-8-26-16/h1-12H,(H,27,29)/b7-5+. The largest absolute Gasteiger partial charge is 0.321 e. The summed E-state index contributed by atoms with van der Waals surface area (Å²) in [6.45, 7) is 0. The number of pyridine rings is 3. The number of carbonyl (C=O) groups excluding carboxylic acids is 1. The molecule has 0 saturated carbocycles. The molecule has 4 aromatic rings. The highest BCUT2D eigenvalue weighted by atomic mass is 35.5. The molecule has 0 radical (unpaired) electrons. The third kappa shape index (κ3) is 3.97. The molecule has 0 spiro atoms. The van der Waals surface area contributed by atoms with Crippen LogP contribution in [0.2, 0.25) is 10.0 Å². The number of carbonyl (C=O) groups is 1. The molecular weight excluding hydrogens is 409 g/mol. The number of hydrogen-bond acceptors (Lipinski definition) is 4. The van der Waals surface area contributed by atoms with Crippen LogP contribution in [-0.2, 0) is 0 Å². The number of rotatable bonds is 4. The van der Waals surface area contributed by atoms with Crippen LogP contribution in [0.25, 0.3) is 28.1 Å². The Hall–Kier alpha value is -3.28. The van der Waals surface area contributed by atoms with Crippen LogP contribution in [0, 0.1) is 0 Å². The zero-order chi connectivity index (χ0) is 20.4. The molecule has 4 rings (SSSR count). The second-order valence-corrected chi connectivity index (χ2v) is 7.11. The molecule has 0 amide bonds. The van der Waals surface area contributed by atoms with Gasteiger partial charge in [0.25, 0.3) is 5.56 Å². The molecule has 7 heteroatoms. The Balaban J connectivity index is 1.96. The Kier molecular flexibility index (Phi) is 5.25. The first-order valence-electron chi connectivity index (χ1n) is 8.63. The average Bonchev–Trinajstić information content (AvgIpc) is 2.72. The van der Waals surface area contributed by atoms with Crippen LogP contribution in [0.5, 0.6) is 0 Å². The molecule has 3 heterocycles. The van der Waals surface area contributed by atoms with Crippen LogP contribution in [0.15, 0.2) is 71.9 Å². The molecule has 0 unspecified atom stereocenters. The minimum Gasteiger partial charge on any atom is -0.321 e. The van der Waals surface area contributed by atoms with Gasteiger partial charge in [-0.1, -0.05) is 29.3 Å². The second-order valence-electron chi connectivity index (χ2n) is 6.24. The van der Waals surface area contributed by atoms with E-state index in [1.165, 1.54) is 12.3 Å². The molecule has 0 aliphatic heterocycles. The van der Waals surface area contributed by atoms with E-state index in [0.717, 1.165) is 0 Å². The summed E-state index contributed by atoms with van der Waals surface area (Å²) in [6, 6.07) is 12.1. The quantitative estimate of drug-likeness (QED) is 0.363. The number of ketones is 1. The maximum Gasteiger partial charge on any atom is 0.260 e. The number of halogens is 2. The van der Waals surface area contributed by atoms with Crippen molar-refractivity contribution < 1.29 is 4.79 Å². The second kappa shape index (κ2) is 7.99. The van der Waals surface area contributed by atoms with Crippen molar-refractivity contribution in [2.24, 2.45) is 0 Å². The number of benzene rings is 1. The van der Waals surface area contributed by atoms with E-state index in [1.807, 2.05) is 6.07 Å². The van der Waals surface area contributed by atoms with E-state index in [0.29, 0.717) is 37.8 Å². The van der Waals surface area contributed by atoms with Crippen molar-refractivity contribution in [2.45, 2.75) is 0 Å². The summed E-state index contributed by atoms with van der Waals surface area (Å²) in [4.78, 5) is 36.9. The van der Waals surface area contributed by atoms with Crippen LogP contribution >= 0.6 is 23.2 Å². The summed E-state index contributed by atoms with van der Waals surface area (Å²) < 4.78 is 0. The van der Waals surface area contributed by atoms with Gasteiger partial charge in [-0.3, -0.25) is 19.6 Å². The Bertz CT molecular complexity index is 1310. The number of allylic oxidation sites excluding steroid dienone is 1. The number of nitrogens with one attached hydrogen (secondary N) is 1. The number of H-pyrrole nitrogens is 1. The van der Waals surface area contributed by atoms with Gasteiger partial charge in [0.1, 0.15) is 0 Å². The molecule has 5 nitrogen and oxygen atoms in total. The van der Waals surface area contributed by atoms with Crippen LogP contribution in [0.3, 0.4) is 0 Å². The van der Waals surface area contributed by atoms with Gasteiger partial charge in [-0.05, 0) is 48.6 Å². The zero-order valence-corrected chi connectivity index (χ0v) is 16.4. The highest BCUT2D eigenvalue weighted by Crippen LogP contribution is 2.32. The number of aromatic amines is 1. The normalized spacial score (nSPS) is 11.2. The molecule has 29 heavy (non-hydrogen) atoms. The van der Waals surface area contributed by atoms with E-state index in [-0.39, 0.29) is 5.56 Å². The van der Waals surface area contributed by atoms with Gasteiger partial charge < -0.3 is 4.98 Å². The minimum absolute atomic E-state index is 0.0176. The first-order chi connectivity index (χ1) is 14.0. The lowest BCUT2D eigenvalue weighted by Crippen LogP contribution is -2.18. The lowest BCUT2D eigenvalue weighted by Gasteiger charge is -2.11. The van der Waals surface area contributed by atoms with Crippen molar-refractivity contribution >= 4 is 46.0 Å². The van der Waals surface area contributed by atoms with Crippen molar-refractivity contribution in [1.29, 1.82) is 0 Å². The maximum absolute atomic E-state index is 13.0. The fourth-order valence-corrected chi connectivity index (χ4v) is 3.41. The van der Waals surface area contributed by atoms with E-state index < -0.39 is 11.3 Å². The first-order valence-corrected chi connectivity index (χ1v) is 9.38. The fourth-order valence-electron chi connectivity index (χ4n) is 3.07. The maximum atomic E-state index is 13.0. The number of nitrogens with zero attached hydrogens (tertiary/aromatic N) is 2. The number of aromatic nitrogens is 3. The van der Waals surface area contributed by atoms with Crippen LogP contribution in [0.1, 0.15) is 16.1 Å². The molecule has 0 aliphatic carbocycles. The summed E-state index contributed by atoms with van der Waals surface area (Å²) >= 11 is 12.3. The third-order valence-electron chi connectivity index (χ3n) is 4.31. The van der Waals surface area contributed by atoms with Gasteiger partial charge in [-0.15, -0.1) is 0 Å². The summed E-state index contributed by atoms with van der Waals surface area (Å²) in [6.07, 6.45) is 7.54. The van der Waals surface area contributed by atoms with Gasteiger partial charge in [0, 0.05) is 45.6 Å². The summed E-state index contributed by atoms with van der Waals surface area (Å²) in [5.74, 6) is -0.464. The molecule has 0 aliphatic rings. The number of fused-ring (bicyclic) bond motifs is 1. The Labute approximate surface area is 175 Å². The van der Waals surface area contributed by atoms with Gasteiger partial charge >= 0.3 is 0 Å². The molecule has 0 saturated heterocycles. The molecule has 0 fully saturated rings. The minimum atomic E-state index is -0.509. The van der Waals surface area contributed by atoms with Crippen molar-refractivity contribution in [3.05, 3.63) is 98.8 Å². The van der Waals surface area contributed by atoms with Gasteiger partial charge in [-0.25, -0.2) is 0 Å². The highest BCUT2D eigenvalue weighted by Gasteiger charge is 2.20. The molecular formula is C22H13Cl2N3O2. The van der Waals surface area contributed by atoms with Crippen molar-refractivity contribution in [3.63, 3.8) is 0 Å². The smallest absolute Gasteiger partial charge is 0.260 e. The van der Waals surface area contributed by atoms with Crippen LogP contribution in [-0.4, -0.2) is 20.7 Å². The zero-order valence-electron chi connectivity index (χ0n) is 14.9.